The van der Waals surface area contributed by atoms with E-state index in [4.69, 9.17) is 9.47 Å². The van der Waals surface area contributed by atoms with E-state index in [1.165, 1.54) is 0 Å². The summed E-state index contributed by atoms with van der Waals surface area (Å²) in [6.07, 6.45) is 4.90. The van der Waals surface area contributed by atoms with Crippen LogP contribution in [0.25, 0.3) is 11.4 Å². The number of nitrogens with zero attached hydrogens (tertiary/aromatic N) is 2. The van der Waals surface area contributed by atoms with Crippen LogP contribution in [0, 0.1) is 0 Å². The maximum Gasteiger partial charge on any atom is 0.224 e. The molecular formula is C22H25N3O3. The third kappa shape index (κ3) is 4.91. The molecule has 0 spiro atoms. The average molecular weight is 379 g/mol. The van der Waals surface area contributed by atoms with Crippen LogP contribution < -0.4 is 14.8 Å². The van der Waals surface area contributed by atoms with Crippen LogP contribution in [0.4, 0.5) is 0 Å². The minimum absolute atomic E-state index is 0.0128. The van der Waals surface area contributed by atoms with Gasteiger partial charge in [-0.25, -0.2) is 4.98 Å². The molecule has 0 saturated carbocycles. The first-order valence-electron chi connectivity index (χ1n) is 9.25. The van der Waals surface area contributed by atoms with Crippen molar-refractivity contribution in [1.82, 2.24) is 14.9 Å². The minimum Gasteiger partial charge on any atom is -0.493 e. The second kappa shape index (κ2) is 9.60. The highest BCUT2D eigenvalue weighted by atomic mass is 16.5. The number of carbonyl (C=O) groups is 1. The summed E-state index contributed by atoms with van der Waals surface area (Å²) in [6, 6.07) is 15.6. The van der Waals surface area contributed by atoms with Crippen LogP contribution >= 0.6 is 0 Å². The first kappa shape index (κ1) is 19.5. The van der Waals surface area contributed by atoms with Gasteiger partial charge in [0.25, 0.3) is 0 Å². The van der Waals surface area contributed by atoms with Crippen LogP contribution in [0.15, 0.2) is 60.9 Å². The van der Waals surface area contributed by atoms with Gasteiger partial charge in [0, 0.05) is 31.0 Å². The number of aryl methyl sites for hydroxylation is 1. The van der Waals surface area contributed by atoms with E-state index in [1.807, 2.05) is 54.7 Å². The van der Waals surface area contributed by atoms with Gasteiger partial charge in [-0.2, -0.15) is 0 Å². The average Bonchev–Trinajstić information content (AvgIpc) is 3.20. The maximum atomic E-state index is 12.2. The Labute approximate surface area is 165 Å². The van der Waals surface area contributed by atoms with Crippen molar-refractivity contribution >= 4 is 5.91 Å². The van der Waals surface area contributed by atoms with Crippen LogP contribution in [0.5, 0.6) is 11.5 Å². The summed E-state index contributed by atoms with van der Waals surface area (Å²) < 4.78 is 12.6. The standard InChI is InChI=1S/C22H25N3O3/c1-27-19-10-9-17(15-20(19)28-2)16-21(26)23-11-6-13-25-14-12-24-22(25)18-7-4-3-5-8-18/h3-5,7-10,12,14-15H,6,11,13,16H2,1-2H3,(H,23,26). The molecule has 1 heterocycles. The summed E-state index contributed by atoms with van der Waals surface area (Å²) in [6.45, 7) is 1.40. The van der Waals surface area contributed by atoms with Gasteiger partial charge in [0.05, 0.1) is 20.6 Å². The Morgan fingerprint density at radius 3 is 2.61 bits per heavy atom. The van der Waals surface area contributed by atoms with Crippen LogP contribution in [0.2, 0.25) is 0 Å². The Bertz CT molecular complexity index is 906. The highest BCUT2D eigenvalue weighted by molar-refractivity contribution is 5.78. The summed E-state index contributed by atoms with van der Waals surface area (Å²) in [4.78, 5) is 16.7. The Balaban J connectivity index is 1.47. The molecule has 1 amide bonds. The lowest BCUT2D eigenvalue weighted by Gasteiger charge is -2.11. The molecule has 1 N–H and O–H groups in total. The number of imidazole rings is 1. The van der Waals surface area contributed by atoms with Crippen molar-refractivity contribution in [2.24, 2.45) is 0 Å². The van der Waals surface area contributed by atoms with Crippen LogP contribution in [0.1, 0.15) is 12.0 Å². The third-order valence-corrected chi connectivity index (χ3v) is 4.46. The lowest BCUT2D eigenvalue weighted by Crippen LogP contribution is -2.26. The van der Waals surface area contributed by atoms with Gasteiger partial charge in [0.15, 0.2) is 11.5 Å². The van der Waals surface area contributed by atoms with Crippen molar-refractivity contribution < 1.29 is 14.3 Å². The van der Waals surface area contributed by atoms with Crippen LogP contribution in [0.3, 0.4) is 0 Å². The van der Waals surface area contributed by atoms with E-state index < -0.39 is 0 Å². The van der Waals surface area contributed by atoms with Gasteiger partial charge in [-0.15, -0.1) is 0 Å². The molecule has 0 fully saturated rings. The van der Waals surface area contributed by atoms with Gasteiger partial charge in [-0.1, -0.05) is 36.4 Å². The summed E-state index contributed by atoms with van der Waals surface area (Å²) in [5.41, 5.74) is 1.97. The molecule has 0 radical (unpaired) electrons. The molecule has 0 aliphatic rings. The summed E-state index contributed by atoms with van der Waals surface area (Å²) in [5.74, 6) is 2.21. The van der Waals surface area contributed by atoms with Gasteiger partial charge in [-0.05, 0) is 24.1 Å². The molecule has 0 aliphatic heterocycles. The van der Waals surface area contributed by atoms with E-state index >= 15 is 0 Å². The number of ether oxygens (including phenoxy) is 2. The molecule has 0 atom stereocenters. The first-order valence-corrected chi connectivity index (χ1v) is 9.25. The third-order valence-electron chi connectivity index (χ3n) is 4.46. The lowest BCUT2D eigenvalue weighted by atomic mass is 10.1. The number of benzene rings is 2. The lowest BCUT2D eigenvalue weighted by molar-refractivity contribution is -0.120. The largest absolute Gasteiger partial charge is 0.493 e. The summed E-state index contributed by atoms with van der Waals surface area (Å²) in [5, 5.41) is 2.97. The second-order valence-corrected chi connectivity index (χ2v) is 6.38. The molecule has 28 heavy (non-hydrogen) atoms. The zero-order chi connectivity index (χ0) is 19.8. The molecule has 6 heteroatoms. The van der Waals surface area contributed by atoms with Crippen molar-refractivity contribution in [1.29, 1.82) is 0 Å². The van der Waals surface area contributed by atoms with Gasteiger partial charge in [-0.3, -0.25) is 4.79 Å². The second-order valence-electron chi connectivity index (χ2n) is 6.38. The van der Waals surface area contributed by atoms with Gasteiger partial charge >= 0.3 is 0 Å². The van der Waals surface area contributed by atoms with E-state index in [2.05, 4.69) is 14.9 Å². The monoisotopic (exact) mass is 379 g/mol. The Hall–Kier alpha value is -3.28. The maximum absolute atomic E-state index is 12.2. The molecule has 0 unspecified atom stereocenters. The van der Waals surface area contributed by atoms with Gasteiger partial charge in [0.2, 0.25) is 5.91 Å². The molecule has 3 rings (SSSR count). The van der Waals surface area contributed by atoms with Crippen molar-refractivity contribution in [2.45, 2.75) is 19.4 Å². The fourth-order valence-corrected chi connectivity index (χ4v) is 3.05. The van der Waals surface area contributed by atoms with E-state index in [-0.39, 0.29) is 5.91 Å². The quantitative estimate of drug-likeness (QED) is 0.579. The molecule has 0 aliphatic carbocycles. The zero-order valence-corrected chi connectivity index (χ0v) is 16.2. The minimum atomic E-state index is -0.0128. The molecule has 146 valence electrons. The topological polar surface area (TPSA) is 65.4 Å². The predicted molar refractivity (Wildman–Crippen MR) is 109 cm³/mol. The normalized spacial score (nSPS) is 10.5. The summed E-state index contributed by atoms with van der Waals surface area (Å²) in [7, 11) is 3.18. The van der Waals surface area contributed by atoms with Crippen molar-refractivity contribution in [3.63, 3.8) is 0 Å². The number of methoxy groups -OCH3 is 2. The molecule has 2 aromatic carbocycles. The fraction of sp³-hybridized carbons (Fsp3) is 0.273. The van der Waals surface area contributed by atoms with Gasteiger partial charge in [0.1, 0.15) is 5.82 Å². The molecule has 1 aromatic heterocycles. The predicted octanol–water partition coefficient (Wildman–Crippen LogP) is 3.32. The molecular weight excluding hydrogens is 354 g/mol. The van der Waals surface area contributed by atoms with E-state index in [1.54, 1.807) is 20.4 Å². The summed E-state index contributed by atoms with van der Waals surface area (Å²) >= 11 is 0. The number of nitrogens with one attached hydrogen (secondary N) is 1. The van der Waals surface area contributed by atoms with Crippen molar-refractivity contribution in [3.8, 4) is 22.9 Å². The smallest absolute Gasteiger partial charge is 0.224 e. The molecule has 0 saturated heterocycles. The van der Waals surface area contributed by atoms with Gasteiger partial charge < -0.3 is 19.4 Å². The number of hydrogen-bond acceptors (Lipinski definition) is 4. The van der Waals surface area contributed by atoms with Crippen LogP contribution in [-0.4, -0.2) is 36.2 Å². The molecule has 6 nitrogen and oxygen atoms in total. The van der Waals surface area contributed by atoms with E-state index in [9.17, 15) is 4.79 Å². The fourth-order valence-electron chi connectivity index (χ4n) is 3.05. The highest BCUT2D eigenvalue weighted by Gasteiger charge is 2.09. The highest BCUT2D eigenvalue weighted by Crippen LogP contribution is 2.27. The molecule has 3 aromatic rings. The van der Waals surface area contributed by atoms with Crippen molar-refractivity contribution in [3.05, 3.63) is 66.5 Å². The first-order chi connectivity index (χ1) is 13.7. The number of aromatic nitrogens is 2. The Morgan fingerprint density at radius 2 is 1.86 bits per heavy atom. The Morgan fingerprint density at radius 1 is 1.07 bits per heavy atom. The number of rotatable bonds is 9. The number of carbonyl (C=O) groups excluding carboxylic acids is 1. The number of amides is 1. The Kier molecular flexibility index (Phi) is 6.68. The van der Waals surface area contributed by atoms with Crippen molar-refractivity contribution in [2.75, 3.05) is 20.8 Å². The van der Waals surface area contributed by atoms with Crippen LogP contribution in [-0.2, 0) is 17.8 Å². The zero-order valence-electron chi connectivity index (χ0n) is 16.2. The number of hydrogen-bond donors (Lipinski definition) is 1. The molecule has 0 bridgehead atoms. The van der Waals surface area contributed by atoms with E-state index in [0.29, 0.717) is 24.5 Å². The van der Waals surface area contributed by atoms with E-state index in [0.717, 1.165) is 29.9 Å². The SMILES string of the molecule is COc1ccc(CC(=O)NCCCn2ccnc2-c2ccccc2)cc1OC.